The van der Waals surface area contributed by atoms with Crippen LogP contribution in [-0.2, 0) is 14.8 Å². The number of amides is 1. The van der Waals surface area contributed by atoms with Crippen molar-refractivity contribution in [1.29, 1.82) is 0 Å². The van der Waals surface area contributed by atoms with Gasteiger partial charge in [-0.1, -0.05) is 13.8 Å². The number of carbonyl (C=O) groups is 1. The number of likely N-dealkylation sites (tertiary alicyclic amines) is 1. The summed E-state index contributed by atoms with van der Waals surface area (Å²) >= 11 is 1.30. The lowest BCUT2D eigenvalue weighted by atomic mass is 9.96. The Hall–Kier alpha value is -0.920. The molecule has 0 aromatic carbocycles. The van der Waals surface area contributed by atoms with Crippen molar-refractivity contribution in [2.45, 2.75) is 56.7 Å². The first kappa shape index (κ1) is 18.9. The van der Waals surface area contributed by atoms with Crippen LogP contribution < -0.4 is 0 Å². The quantitative estimate of drug-likeness (QED) is 0.801. The Morgan fingerprint density at radius 3 is 2.56 bits per heavy atom. The fourth-order valence-electron chi connectivity index (χ4n) is 4.03. The van der Waals surface area contributed by atoms with Crippen LogP contribution in [-0.4, -0.2) is 49.2 Å². The molecule has 0 spiro atoms. The van der Waals surface area contributed by atoms with Crippen LogP contribution >= 0.6 is 11.3 Å². The standard InChI is InChI=1S/C18H28N2O3S2/c1-13(2)16-7-5-11-20(16)18(21)15-6-4-10-19(12-15)25(22,23)17-9-8-14(3)24-17/h8-9,13,15-16H,4-7,10-12H2,1-3H3. The largest absolute Gasteiger partial charge is 0.339 e. The van der Waals surface area contributed by atoms with E-state index >= 15 is 0 Å². The second-order valence-electron chi connectivity index (χ2n) is 7.55. The monoisotopic (exact) mass is 384 g/mol. The SMILES string of the molecule is Cc1ccc(S(=O)(=O)N2CCCC(C(=O)N3CCCC3C(C)C)C2)s1. The number of hydrogen-bond donors (Lipinski definition) is 0. The summed E-state index contributed by atoms with van der Waals surface area (Å²) < 4.78 is 27.7. The van der Waals surface area contributed by atoms with Crippen molar-refractivity contribution in [3.8, 4) is 0 Å². The fraction of sp³-hybridized carbons (Fsp3) is 0.722. The lowest BCUT2D eigenvalue weighted by Crippen LogP contribution is -2.48. The molecule has 2 atom stereocenters. The van der Waals surface area contributed by atoms with Gasteiger partial charge in [0.2, 0.25) is 5.91 Å². The highest BCUT2D eigenvalue weighted by Crippen LogP contribution is 2.31. The molecule has 140 valence electrons. The van der Waals surface area contributed by atoms with Crippen LogP contribution in [0.15, 0.2) is 16.3 Å². The van der Waals surface area contributed by atoms with Crippen molar-refractivity contribution >= 4 is 27.3 Å². The van der Waals surface area contributed by atoms with Crippen LogP contribution in [0.2, 0.25) is 0 Å². The van der Waals surface area contributed by atoms with Gasteiger partial charge in [0.05, 0.1) is 5.92 Å². The molecule has 0 N–H and O–H groups in total. The van der Waals surface area contributed by atoms with Gasteiger partial charge >= 0.3 is 0 Å². The predicted octanol–water partition coefficient (Wildman–Crippen LogP) is 3.10. The number of piperidine rings is 1. The van der Waals surface area contributed by atoms with E-state index in [2.05, 4.69) is 13.8 Å². The van der Waals surface area contributed by atoms with Crippen molar-refractivity contribution in [3.05, 3.63) is 17.0 Å². The maximum Gasteiger partial charge on any atom is 0.252 e. The van der Waals surface area contributed by atoms with Crippen LogP contribution in [0.4, 0.5) is 0 Å². The molecule has 1 aromatic rings. The zero-order valence-electron chi connectivity index (χ0n) is 15.3. The first-order valence-corrected chi connectivity index (χ1v) is 11.4. The van der Waals surface area contributed by atoms with Gasteiger partial charge in [0, 0.05) is 30.6 Å². The van der Waals surface area contributed by atoms with E-state index in [1.807, 2.05) is 17.9 Å². The zero-order valence-corrected chi connectivity index (χ0v) is 16.9. The van der Waals surface area contributed by atoms with Gasteiger partial charge in [-0.2, -0.15) is 4.31 Å². The van der Waals surface area contributed by atoms with Crippen LogP contribution in [0.25, 0.3) is 0 Å². The summed E-state index contributed by atoms with van der Waals surface area (Å²) in [4.78, 5) is 16.0. The number of carbonyl (C=O) groups excluding carboxylic acids is 1. The molecule has 0 radical (unpaired) electrons. The molecule has 2 saturated heterocycles. The Morgan fingerprint density at radius 1 is 1.20 bits per heavy atom. The molecule has 0 saturated carbocycles. The minimum Gasteiger partial charge on any atom is -0.339 e. The number of aryl methyl sites for hydroxylation is 1. The third-order valence-electron chi connectivity index (χ3n) is 5.40. The molecule has 3 heterocycles. The van der Waals surface area contributed by atoms with Crippen molar-refractivity contribution in [3.63, 3.8) is 0 Å². The first-order chi connectivity index (χ1) is 11.8. The smallest absolute Gasteiger partial charge is 0.252 e. The van der Waals surface area contributed by atoms with E-state index in [0.717, 1.165) is 37.1 Å². The van der Waals surface area contributed by atoms with Gasteiger partial charge in [-0.05, 0) is 50.7 Å². The summed E-state index contributed by atoms with van der Waals surface area (Å²) in [5.74, 6) is 0.395. The van der Waals surface area contributed by atoms with Crippen LogP contribution in [0, 0.1) is 18.8 Å². The number of nitrogens with zero attached hydrogens (tertiary/aromatic N) is 2. The number of thiophene rings is 1. The number of sulfonamides is 1. The molecule has 2 unspecified atom stereocenters. The normalized spacial score (nSPS) is 25.7. The molecule has 1 aromatic heterocycles. The topological polar surface area (TPSA) is 57.7 Å². The average molecular weight is 385 g/mol. The Balaban J connectivity index is 1.74. The lowest BCUT2D eigenvalue weighted by Gasteiger charge is -2.35. The Labute approximate surface area is 155 Å². The summed E-state index contributed by atoms with van der Waals surface area (Å²) in [6, 6.07) is 3.82. The molecule has 2 aliphatic rings. The maximum absolute atomic E-state index is 13.0. The van der Waals surface area contributed by atoms with E-state index in [1.54, 1.807) is 6.07 Å². The van der Waals surface area contributed by atoms with Gasteiger partial charge in [0.15, 0.2) is 0 Å². The van der Waals surface area contributed by atoms with Gasteiger partial charge < -0.3 is 4.90 Å². The lowest BCUT2D eigenvalue weighted by molar-refractivity contribution is -0.138. The van der Waals surface area contributed by atoms with E-state index in [0.29, 0.717) is 29.3 Å². The average Bonchev–Trinajstić information content (AvgIpc) is 3.23. The number of rotatable bonds is 4. The Kier molecular flexibility index (Phi) is 5.56. The van der Waals surface area contributed by atoms with Crippen molar-refractivity contribution < 1.29 is 13.2 Å². The summed E-state index contributed by atoms with van der Waals surface area (Å²) in [6.45, 7) is 7.87. The summed E-state index contributed by atoms with van der Waals surface area (Å²) in [5.41, 5.74) is 0. The highest BCUT2D eigenvalue weighted by atomic mass is 32.2. The zero-order chi connectivity index (χ0) is 18.2. The minimum absolute atomic E-state index is 0.151. The summed E-state index contributed by atoms with van der Waals surface area (Å²) in [5, 5.41) is 0. The molecule has 5 nitrogen and oxygen atoms in total. The molecule has 2 aliphatic heterocycles. The van der Waals surface area contributed by atoms with Gasteiger partial charge in [0.25, 0.3) is 10.0 Å². The van der Waals surface area contributed by atoms with Crippen molar-refractivity contribution in [2.24, 2.45) is 11.8 Å². The van der Waals surface area contributed by atoms with Crippen molar-refractivity contribution in [2.75, 3.05) is 19.6 Å². The Bertz CT molecular complexity index is 726. The third-order valence-corrected chi connectivity index (χ3v) is 8.73. The molecular weight excluding hydrogens is 356 g/mol. The molecule has 1 amide bonds. The second kappa shape index (κ2) is 7.37. The second-order valence-corrected chi connectivity index (χ2v) is 11.0. The van der Waals surface area contributed by atoms with E-state index in [1.165, 1.54) is 15.6 Å². The molecule has 0 bridgehead atoms. The maximum atomic E-state index is 13.0. The fourth-order valence-corrected chi connectivity index (χ4v) is 7.00. The van der Waals surface area contributed by atoms with Crippen LogP contribution in [0.5, 0.6) is 0 Å². The van der Waals surface area contributed by atoms with Crippen LogP contribution in [0.1, 0.15) is 44.4 Å². The molecule has 25 heavy (non-hydrogen) atoms. The van der Waals surface area contributed by atoms with Gasteiger partial charge in [-0.3, -0.25) is 4.79 Å². The van der Waals surface area contributed by atoms with E-state index in [4.69, 9.17) is 0 Å². The van der Waals surface area contributed by atoms with Gasteiger partial charge in [-0.15, -0.1) is 11.3 Å². The van der Waals surface area contributed by atoms with Crippen molar-refractivity contribution in [1.82, 2.24) is 9.21 Å². The molecular formula is C18H28N2O3S2. The van der Waals surface area contributed by atoms with Gasteiger partial charge in [0.1, 0.15) is 4.21 Å². The van der Waals surface area contributed by atoms with Crippen LogP contribution in [0.3, 0.4) is 0 Å². The highest BCUT2D eigenvalue weighted by molar-refractivity contribution is 7.91. The van der Waals surface area contributed by atoms with E-state index in [-0.39, 0.29) is 11.8 Å². The first-order valence-electron chi connectivity index (χ1n) is 9.18. The Morgan fingerprint density at radius 2 is 1.92 bits per heavy atom. The van der Waals surface area contributed by atoms with E-state index < -0.39 is 10.0 Å². The molecule has 0 aliphatic carbocycles. The molecule has 2 fully saturated rings. The van der Waals surface area contributed by atoms with E-state index in [9.17, 15) is 13.2 Å². The third kappa shape index (κ3) is 3.78. The minimum atomic E-state index is -3.48. The van der Waals surface area contributed by atoms with Gasteiger partial charge in [-0.25, -0.2) is 8.42 Å². The summed E-state index contributed by atoms with van der Waals surface area (Å²) in [7, 11) is -3.48. The summed E-state index contributed by atoms with van der Waals surface area (Å²) in [6.07, 6.45) is 3.65. The molecule has 3 rings (SSSR count). The highest BCUT2D eigenvalue weighted by Gasteiger charge is 2.39. The number of hydrogen-bond acceptors (Lipinski definition) is 4. The molecule has 7 heteroatoms. The predicted molar refractivity (Wildman–Crippen MR) is 100 cm³/mol.